The van der Waals surface area contributed by atoms with Crippen molar-refractivity contribution in [2.45, 2.75) is 5.50 Å². The molecule has 0 aliphatic heterocycles. The van der Waals surface area contributed by atoms with Crippen LogP contribution in [0.3, 0.4) is 0 Å². The van der Waals surface area contributed by atoms with Crippen molar-refractivity contribution >= 4 is 18.5 Å². The maximum Gasteiger partial charge on any atom is 0.247 e. The van der Waals surface area contributed by atoms with Gasteiger partial charge >= 0.3 is 0 Å². The summed E-state index contributed by atoms with van der Waals surface area (Å²) < 4.78 is 11.8. The normalized spacial score (nSPS) is 12.8. The molecule has 0 radical (unpaired) electrons. The quantitative estimate of drug-likeness (QED) is 0.414. The maximum atomic E-state index is 11.8. The minimum atomic E-state index is -1.63. The Balaban J connectivity index is 3.84. The molecular weight excluding hydrogens is 129 g/mol. The van der Waals surface area contributed by atoms with E-state index in [1.807, 2.05) is 0 Å². The first-order valence-corrected chi connectivity index (χ1v) is 2.38. The molecule has 0 fully saturated rings. The first-order valence-electron chi connectivity index (χ1n) is 1.86. The highest BCUT2D eigenvalue weighted by Crippen LogP contribution is 2.06. The summed E-state index contributed by atoms with van der Waals surface area (Å²) in [6.07, 6.45) is 0. The van der Waals surface area contributed by atoms with Crippen LogP contribution in [0.15, 0.2) is 12.2 Å². The molecule has 1 atom stereocenters. The van der Waals surface area contributed by atoms with E-state index in [4.69, 9.17) is 0 Å². The molecule has 8 heavy (non-hydrogen) atoms. The number of carbonyl (C=O) groups is 1. The van der Waals surface area contributed by atoms with E-state index in [0.29, 0.717) is 0 Å². The lowest BCUT2D eigenvalue weighted by Crippen LogP contribution is -2.17. The zero-order valence-corrected chi connectivity index (χ0v) is 4.99. The molecule has 4 heteroatoms. The topological polar surface area (TPSA) is 43.1 Å². The molecule has 0 aliphatic rings. The molecule has 0 aromatic heterocycles. The summed E-state index contributed by atoms with van der Waals surface area (Å²) in [4.78, 5) is 9.97. The van der Waals surface area contributed by atoms with Crippen LogP contribution < -0.4 is 5.73 Å². The number of hydrogen-bond acceptors (Lipinski definition) is 2. The second kappa shape index (κ2) is 2.71. The van der Waals surface area contributed by atoms with Crippen molar-refractivity contribution in [1.29, 1.82) is 0 Å². The molecule has 2 nitrogen and oxygen atoms in total. The molecular formula is C4H6FNOS. The number of hydrogen-bond donors (Lipinski definition) is 2. The van der Waals surface area contributed by atoms with Gasteiger partial charge in [0.25, 0.3) is 0 Å². The van der Waals surface area contributed by atoms with Crippen LogP contribution >= 0.6 is 12.6 Å². The average Bonchev–Trinajstić information content (AvgIpc) is 1.64. The van der Waals surface area contributed by atoms with Crippen molar-refractivity contribution in [3.63, 3.8) is 0 Å². The van der Waals surface area contributed by atoms with Crippen molar-refractivity contribution in [2.24, 2.45) is 5.73 Å². The summed E-state index contributed by atoms with van der Waals surface area (Å²) in [7, 11) is 0. The molecule has 0 aromatic rings. The van der Waals surface area contributed by atoms with Gasteiger partial charge in [0.1, 0.15) is 0 Å². The predicted octanol–water partition coefficient (Wildman–Crippen LogP) is 0.253. The van der Waals surface area contributed by atoms with E-state index >= 15 is 0 Å². The third-order valence-electron chi connectivity index (χ3n) is 0.604. The molecule has 0 aliphatic carbocycles. The third-order valence-corrected chi connectivity index (χ3v) is 0.916. The van der Waals surface area contributed by atoms with Crippen LogP contribution in [-0.4, -0.2) is 11.4 Å². The summed E-state index contributed by atoms with van der Waals surface area (Å²) in [5.41, 5.74) is 2.67. The van der Waals surface area contributed by atoms with Gasteiger partial charge in [-0.05, 0) is 0 Å². The highest BCUT2D eigenvalue weighted by atomic mass is 32.1. The predicted molar refractivity (Wildman–Crippen MR) is 32.2 cm³/mol. The monoisotopic (exact) mass is 135 g/mol. The van der Waals surface area contributed by atoms with Gasteiger partial charge in [-0.3, -0.25) is 4.79 Å². The van der Waals surface area contributed by atoms with Crippen LogP contribution in [0.5, 0.6) is 0 Å². The van der Waals surface area contributed by atoms with Crippen LogP contribution in [-0.2, 0) is 4.79 Å². The zero-order valence-electron chi connectivity index (χ0n) is 4.10. The highest BCUT2D eigenvalue weighted by Gasteiger charge is 2.09. The maximum absolute atomic E-state index is 11.8. The Morgan fingerprint density at radius 1 is 1.88 bits per heavy atom. The van der Waals surface area contributed by atoms with Gasteiger partial charge < -0.3 is 5.73 Å². The summed E-state index contributed by atoms with van der Waals surface area (Å²) in [5.74, 6) is -0.854. The second-order valence-electron chi connectivity index (χ2n) is 1.23. The van der Waals surface area contributed by atoms with Crippen molar-refractivity contribution < 1.29 is 9.18 Å². The van der Waals surface area contributed by atoms with Gasteiger partial charge in [-0.2, -0.15) is 0 Å². The van der Waals surface area contributed by atoms with E-state index in [0.717, 1.165) is 0 Å². The lowest BCUT2D eigenvalue weighted by molar-refractivity contribution is -0.114. The van der Waals surface area contributed by atoms with E-state index in [1.54, 1.807) is 0 Å². The van der Waals surface area contributed by atoms with Crippen LogP contribution in [0.2, 0.25) is 0 Å². The van der Waals surface area contributed by atoms with E-state index in [2.05, 4.69) is 24.9 Å². The lowest BCUT2D eigenvalue weighted by Gasteiger charge is -1.97. The van der Waals surface area contributed by atoms with Crippen LogP contribution in [0.4, 0.5) is 4.39 Å². The van der Waals surface area contributed by atoms with Crippen LogP contribution in [0, 0.1) is 0 Å². The van der Waals surface area contributed by atoms with E-state index in [1.165, 1.54) is 0 Å². The molecule has 0 bridgehead atoms. The van der Waals surface area contributed by atoms with Gasteiger partial charge in [0.2, 0.25) is 5.91 Å². The number of primary amides is 1. The third kappa shape index (κ3) is 1.97. The minimum Gasteiger partial charge on any atom is -0.366 e. The Bertz CT molecular complexity index is 123. The number of alkyl halides is 1. The summed E-state index contributed by atoms with van der Waals surface area (Å²) in [6, 6.07) is 0. The van der Waals surface area contributed by atoms with E-state index in [-0.39, 0.29) is 5.57 Å². The molecule has 0 rings (SSSR count). The smallest absolute Gasteiger partial charge is 0.247 e. The van der Waals surface area contributed by atoms with Gasteiger partial charge in [0.05, 0.1) is 5.57 Å². The number of rotatable bonds is 2. The Hall–Kier alpha value is -0.510. The first-order chi connectivity index (χ1) is 3.55. The Kier molecular flexibility index (Phi) is 2.54. The van der Waals surface area contributed by atoms with Gasteiger partial charge in [0, 0.05) is 0 Å². The minimum absolute atomic E-state index is 0.312. The summed E-state index contributed by atoms with van der Waals surface area (Å²) >= 11 is 3.27. The number of nitrogens with two attached hydrogens (primary N) is 1. The Morgan fingerprint density at radius 3 is 2.25 bits per heavy atom. The molecule has 1 unspecified atom stereocenters. The molecule has 0 heterocycles. The van der Waals surface area contributed by atoms with Crippen molar-refractivity contribution in [1.82, 2.24) is 0 Å². The van der Waals surface area contributed by atoms with Crippen molar-refractivity contribution in [3.05, 3.63) is 12.2 Å². The number of amides is 1. The fourth-order valence-electron chi connectivity index (χ4n) is 0.117. The molecule has 0 saturated heterocycles. The Morgan fingerprint density at radius 2 is 2.25 bits per heavy atom. The summed E-state index contributed by atoms with van der Waals surface area (Å²) in [6.45, 7) is 3.03. The molecule has 0 saturated carbocycles. The van der Waals surface area contributed by atoms with Crippen LogP contribution in [0.1, 0.15) is 0 Å². The van der Waals surface area contributed by atoms with Gasteiger partial charge in [0.15, 0.2) is 5.50 Å². The largest absolute Gasteiger partial charge is 0.366 e. The number of carbonyl (C=O) groups excluding carboxylic acids is 1. The molecule has 2 N–H and O–H groups in total. The molecule has 0 aromatic carbocycles. The molecule has 46 valence electrons. The van der Waals surface area contributed by atoms with Gasteiger partial charge in [-0.1, -0.05) is 6.58 Å². The van der Waals surface area contributed by atoms with Crippen LogP contribution in [0.25, 0.3) is 0 Å². The van der Waals surface area contributed by atoms with Gasteiger partial charge in [-0.15, -0.1) is 12.6 Å². The average molecular weight is 135 g/mol. The zero-order chi connectivity index (χ0) is 6.73. The van der Waals surface area contributed by atoms with E-state index in [9.17, 15) is 9.18 Å². The van der Waals surface area contributed by atoms with E-state index < -0.39 is 11.4 Å². The van der Waals surface area contributed by atoms with Gasteiger partial charge in [-0.25, -0.2) is 4.39 Å². The lowest BCUT2D eigenvalue weighted by atomic mass is 10.3. The fourth-order valence-corrected chi connectivity index (χ4v) is 0.245. The SMILES string of the molecule is C=C(C(N)=O)C(F)S. The van der Waals surface area contributed by atoms with Crippen molar-refractivity contribution in [3.8, 4) is 0 Å². The first kappa shape index (κ1) is 7.49. The van der Waals surface area contributed by atoms with Crippen molar-refractivity contribution in [2.75, 3.05) is 0 Å². The Labute approximate surface area is 52.0 Å². The number of halogens is 1. The number of thiol groups is 1. The summed E-state index contributed by atoms with van der Waals surface area (Å²) in [5, 5.41) is 0. The molecule has 1 amide bonds. The molecule has 0 spiro atoms. The fraction of sp³-hybridized carbons (Fsp3) is 0.250. The second-order valence-corrected chi connectivity index (χ2v) is 1.68. The highest BCUT2D eigenvalue weighted by molar-refractivity contribution is 7.81. The standard InChI is InChI=1S/C4H6FNOS/c1-2(3(5)8)4(6)7/h3,8H,1H2,(H2,6,7).